The van der Waals surface area contributed by atoms with Crippen LogP contribution in [-0.4, -0.2) is 59.0 Å². The van der Waals surface area contributed by atoms with E-state index < -0.39 is 23.6 Å². The fraction of sp³-hybridized carbons (Fsp3) is 0.350. The van der Waals surface area contributed by atoms with E-state index in [1.165, 1.54) is 12.3 Å². The predicted molar refractivity (Wildman–Crippen MR) is 120 cm³/mol. The lowest BCUT2D eigenvalue weighted by Gasteiger charge is -2.25. The first kappa shape index (κ1) is 23.6. The summed E-state index contributed by atoms with van der Waals surface area (Å²) < 4.78 is 28.2. The summed E-state index contributed by atoms with van der Waals surface area (Å²) in [6, 6.07) is 3.07. The number of nitrogens with one attached hydrogen (secondary N) is 1. The number of amidine groups is 1. The summed E-state index contributed by atoms with van der Waals surface area (Å²) in [7, 11) is 1.54. The van der Waals surface area contributed by atoms with Gasteiger partial charge < -0.3 is 32.5 Å². The lowest BCUT2D eigenvalue weighted by Crippen LogP contribution is -2.40. The molecule has 0 aliphatic carbocycles. The van der Waals surface area contributed by atoms with Crippen LogP contribution in [0.2, 0.25) is 0 Å². The molecule has 1 aliphatic rings. The molecule has 2 heterocycles. The van der Waals surface area contributed by atoms with Crippen molar-refractivity contribution in [3.8, 4) is 10.6 Å². The molecule has 172 valence electrons. The van der Waals surface area contributed by atoms with Crippen molar-refractivity contribution in [1.29, 1.82) is 0 Å². The molecule has 32 heavy (non-hydrogen) atoms. The van der Waals surface area contributed by atoms with Gasteiger partial charge in [0.15, 0.2) is 5.69 Å². The second kappa shape index (κ2) is 10.0. The summed E-state index contributed by atoms with van der Waals surface area (Å²) in [6.45, 7) is 0.970. The molecule has 2 atom stereocenters. The van der Waals surface area contributed by atoms with Crippen LogP contribution in [-0.2, 0) is 0 Å². The van der Waals surface area contributed by atoms with Crippen LogP contribution in [0.4, 0.5) is 13.8 Å². The van der Waals surface area contributed by atoms with Gasteiger partial charge in [-0.25, -0.2) is 13.8 Å². The molecule has 0 radical (unpaired) electrons. The summed E-state index contributed by atoms with van der Waals surface area (Å²) in [5, 5.41) is 12.6. The molecule has 2 unspecified atom stereocenters. The number of aliphatic imine (C=N–C) groups is 1. The Hall–Kier alpha value is -3.09. The number of hydrogen-bond donors (Lipinski definition) is 5. The maximum Gasteiger partial charge on any atom is 0.277 e. The van der Waals surface area contributed by atoms with Gasteiger partial charge in [0, 0.05) is 32.4 Å². The van der Waals surface area contributed by atoms with E-state index in [0.29, 0.717) is 31.8 Å². The third-order valence-corrected chi connectivity index (χ3v) is 6.04. The van der Waals surface area contributed by atoms with Gasteiger partial charge in [-0.2, -0.15) is 0 Å². The standard InChI is InChI=1S/C20H25F2N7O2S/c1-26-18(29-7-5-12(24)14(30)6-8-29)13(9-23)27-19(31)16-17(25)32-20(28-16)15-10(21)3-2-4-11(15)22/h2-4,9,12,14,30H,5-8,23-25H2,1H3,(H,27,31). The minimum atomic E-state index is -0.810. The number of hydrogen-bond acceptors (Lipinski definition) is 8. The van der Waals surface area contributed by atoms with E-state index >= 15 is 0 Å². The van der Waals surface area contributed by atoms with E-state index in [1.54, 1.807) is 7.05 Å². The Morgan fingerprint density at radius 1 is 1.34 bits per heavy atom. The maximum atomic E-state index is 14.1. The summed E-state index contributed by atoms with van der Waals surface area (Å²) in [4.78, 5) is 23.0. The minimum absolute atomic E-state index is 0.00428. The molecule has 9 nitrogen and oxygen atoms in total. The van der Waals surface area contributed by atoms with Crippen molar-refractivity contribution < 1.29 is 18.7 Å². The van der Waals surface area contributed by atoms with Gasteiger partial charge in [-0.15, -0.1) is 0 Å². The number of amides is 1. The van der Waals surface area contributed by atoms with E-state index in [4.69, 9.17) is 17.2 Å². The first-order valence-electron chi connectivity index (χ1n) is 9.86. The molecule has 1 saturated heterocycles. The average molecular weight is 466 g/mol. The van der Waals surface area contributed by atoms with E-state index in [-0.39, 0.29) is 33.0 Å². The van der Waals surface area contributed by atoms with Crippen LogP contribution in [0.15, 0.2) is 35.1 Å². The molecule has 12 heteroatoms. The Kier molecular flexibility index (Phi) is 7.38. The van der Waals surface area contributed by atoms with E-state index in [1.807, 2.05) is 4.90 Å². The quantitative estimate of drug-likeness (QED) is 0.333. The Morgan fingerprint density at radius 3 is 2.62 bits per heavy atom. The average Bonchev–Trinajstić information content (AvgIpc) is 3.06. The van der Waals surface area contributed by atoms with Crippen molar-refractivity contribution in [2.75, 3.05) is 25.9 Å². The second-order valence-corrected chi connectivity index (χ2v) is 8.24. The first-order valence-corrected chi connectivity index (χ1v) is 10.7. The normalized spacial score (nSPS) is 20.2. The molecule has 0 spiro atoms. The van der Waals surface area contributed by atoms with Crippen molar-refractivity contribution >= 4 is 28.1 Å². The number of aliphatic hydroxyl groups is 1. The Balaban J connectivity index is 1.82. The summed E-state index contributed by atoms with van der Waals surface area (Å²) in [5.41, 5.74) is 17.3. The number of nitrogens with two attached hydrogens (primary N) is 3. The molecule has 1 aliphatic heterocycles. The van der Waals surface area contributed by atoms with Crippen LogP contribution < -0.4 is 22.5 Å². The number of anilines is 1. The van der Waals surface area contributed by atoms with E-state index in [0.717, 1.165) is 23.5 Å². The molecule has 2 aromatic rings. The number of carbonyl (C=O) groups is 1. The number of halogens is 2. The fourth-order valence-electron chi connectivity index (χ4n) is 3.41. The molecule has 1 amide bonds. The number of rotatable bonds is 4. The molecule has 1 aromatic carbocycles. The Labute approximate surface area is 187 Å². The van der Waals surface area contributed by atoms with Gasteiger partial charge in [0.2, 0.25) is 0 Å². The van der Waals surface area contributed by atoms with Crippen molar-refractivity contribution in [3.63, 3.8) is 0 Å². The third kappa shape index (κ3) is 4.87. The molecule has 1 aromatic heterocycles. The first-order chi connectivity index (χ1) is 15.3. The maximum absolute atomic E-state index is 14.1. The topological polar surface area (TPSA) is 156 Å². The van der Waals surface area contributed by atoms with Gasteiger partial charge in [0.1, 0.15) is 27.5 Å². The van der Waals surface area contributed by atoms with Crippen LogP contribution in [0, 0.1) is 11.6 Å². The largest absolute Gasteiger partial charge is 0.403 e. The number of carbonyl (C=O) groups excluding carboxylic acids is 1. The van der Waals surface area contributed by atoms with Crippen LogP contribution in [0.5, 0.6) is 0 Å². The molecular weight excluding hydrogens is 440 g/mol. The van der Waals surface area contributed by atoms with E-state index in [2.05, 4.69) is 15.3 Å². The predicted octanol–water partition coefficient (Wildman–Crippen LogP) is 1.01. The van der Waals surface area contributed by atoms with Crippen LogP contribution in [0.1, 0.15) is 23.3 Å². The van der Waals surface area contributed by atoms with Gasteiger partial charge in [-0.3, -0.25) is 9.79 Å². The molecule has 8 N–H and O–H groups in total. The number of thiazole rings is 1. The fourth-order valence-corrected chi connectivity index (χ4v) is 4.29. The molecule has 0 bridgehead atoms. The number of nitrogens with zero attached hydrogens (tertiary/aromatic N) is 3. The van der Waals surface area contributed by atoms with Crippen molar-refractivity contribution in [1.82, 2.24) is 15.2 Å². The van der Waals surface area contributed by atoms with Crippen molar-refractivity contribution in [2.24, 2.45) is 16.5 Å². The van der Waals surface area contributed by atoms with Gasteiger partial charge in [0.05, 0.1) is 17.4 Å². The van der Waals surface area contributed by atoms with E-state index in [9.17, 15) is 18.7 Å². The van der Waals surface area contributed by atoms with Gasteiger partial charge in [-0.1, -0.05) is 17.4 Å². The SMILES string of the molecule is CN=C(C(=CN)NC(=O)c1nc(-c2c(F)cccc2F)sc1N)N1CCC(N)C(O)CC1. The van der Waals surface area contributed by atoms with Crippen molar-refractivity contribution in [2.45, 2.75) is 25.0 Å². The molecule has 1 fully saturated rings. The van der Waals surface area contributed by atoms with Crippen molar-refractivity contribution in [3.05, 3.63) is 47.4 Å². The number of aromatic nitrogens is 1. The summed E-state index contributed by atoms with van der Waals surface area (Å²) in [6.07, 6.45) is 1.51. The highest BCUT2D eigenvalue weighted by molar-refractivity contribution is 7.19. The summed E-state index contributed by atoms with van der Waals surface area (Å²) in [5.74, 6) is -1.92. The lowest BCUT2D eigenvalue weighted by atomic mass is 10.1. The highest BCUT2D eigenvalue weighted by atomic mass is 32.1. The molecule has 0 saturated carbocycles. The van der Waals surface area contributed by atoms with Gasteiger partial charge in [0.25, 0.3) is 5.91 Å². The number of benzene rings is 1. The highest BCUT2D eigenvalue weighted by Gasteiger charge is 2.27. The zero-order valence-corrected chi connectivity index (χ0v) is 18.2. The smallest absolute Gasteiger partial charge is 0.277 e. The Morgan fingerprint density at radius 2 is 2.00 bits per heavy atom. The molecule has 3 rings (SSSR count). The minimum Gasteiger partial charge on any atom is -0.403 e. The second-order valence-electron chi connectivity index (χ2n) is 7.21. The zero-order valence-electron chi connectivity index (χ0n) is 17.4. The lowest BCUT2D eigenvalue weighted by molar-refractivity contribution is 0.0963. The number of nitrogen functional groups attached to an aromatic ring is 1. The molecular formula is C20H25F2N7O2S. The third-order valence-electron chi connectivity index (χ3n) is 5.13. The van der Waals surface area contributed by atoms with Crippen LogP contribution in [0.3, 0.4) is 0 Å². The summed E-state index contributed by atoms with van der Waals surface area (Å²) >= 11 is 0.797. The van der Waals surface area contributed by atoms with Crippen LogP contribution >= 0.6 is 11.3 Å². The van der Waals surface area contributed by atoms with Crippen LogP contribution in [0.25, 0.3) is 10.6 Å². The monoisotopic (exact) mass is 465 g/mol. The Bertz CT molecular complexity index is 1020. The highest BCUT2D eigenvalue weighted by Crippen LogP contribution is 2.33. The van der Waals surface area contributed by atoms with Gasteiger partial charge in [-0.05, 0) is 25.0 Å². The number of aliphatic hydroxyl groups excluding tert-OH is 1. The number of likely N-dealkylation sites (tertiary alicyclic amines) is 1. The van der Waals surface area contributed by atoms with Gasteiger partial charge >= 0.3 is 0 Å². The zero-order chi connectivity index (χ0) is 23.4.